The lowest BCUT2D eigenvalue weighted by atomic mass is 10.2. The van der Waals surface area contributed by atoms with E-state index in [0.29, 0.717) is 6.07 Å². The van der Waals surface area contributed by atoms with Gasteiger partial charge in [-0.3, -0.25) is 4.79 Å². The van der Waals surface area contributed by atoms with Gasteiger partial charge in [-0.15, -0.1) is 0 Å². The summed E-state index contributed by atoms with van der Waals surface area (Å²) in [5.41, 5.74) is 5.25. The van der Waals surface area contributed by atoms with Crippen LogP contribution >= 0.6 is 0 Å². The summed E-state index contributed by atoms with van der Waals surface area (Å²) in [6.07, 6.45) is 0. The molecule has 0 aromatic heterocycles. The number of ether oxygens (including phenoxy) is 1. The quantitative estimate of drug-likeness (QED) is 0.514. The zero-order valence-electron chi connectivity index (χ0n) is 11.6. The van der Waals surface area contributed by atoms with Crippen molar-refractivity contribution in [3.63, 3.8) is 0 Å². The Balaban J connectivity index is 1.97. The van der Waals surface area contributed by atoms with Crippen LogP contribution in [-0.2, 0) is 9.53 Å². The van der Waals surface area contributed by atoms with Gasteiger partial charge in [-0.25, -0.2) is 18.0 Å². The van der Waals surface area contributed by atoms with Crippen LogP contribution in [0.3, 0.4) is 0 Å². The van der Waals surface area contributed by atoms with E-state index in [9.17, 15) is 22.8 Å². The number of nitrogens with one attached hydrogen (secondary N) is 1. The summed E-state index contributed by atoms with van der Waals surface area (Å²) in [5.74, 6) is -6.40. The third-order valence-electron chi connectivity index (χ3n) is 2.82. The van der Waals surface area contributed by atoms with Crippen molar-refractivity contribution in [1.29, 1.82) is 0 Å². The molecule has 1 amide bonds. The van der Waals surface area contributed by atoms with E-state index >= 15 is 0 Å². The first-order chi connectivity index (χ1) is 10.9. The molecule has 0 aliphatic carbocycles. The maximum Gasteiger partial charge on any atom is 0.340 e. The van der Waals surface area contributed by atoms with Crippen LogP contribution in [0.25, 0.3) is 0 Å². The second-order valence-corrected chi connectivity index (χ2v) is 4.43. The molecule has 0 heterocycles. The van der Waals surface area contributed by atoms with Gasteiger partial charge < -0.3 is 15.8 Å². The zero-order chi connectivity index (χ0) is 17.0. The van der Waals surface area contributed by atoms with Gasteiger partial charge in [0, 0.05) is 5.69 Å². The van der Waals surface area contributed by atoms with E-state index < -0.39 is 41.6 Å². The minimum atomic E-state index is -1.71. The van der Waals surface area contributed by atoms with Crippen LogP contribution < -0.4 is 11.1 Å². The lowest BCUT2D eigenvalue weighted by molar-refractivity contribution is -0.119. The molecule has 0 radical (unpaired) electrons. The number of hydrogen-bond donors (Lipinski definition) is 2. The summed E-state index contributed by atoms with van der Waals surface area (Å²) in [6.45, 7) is -0.744. The number of rotatable bonds is 4. The molecule has 2 rings (SSSR count). The van der Waals surface area contributed by atoms with E-state index in [1.165, 1.54) is 12.1 Å². The van der Waals surface area contributed by atoms with Crippen molar-refractivity contribution in [2.45, 2.75) is 0 Å². The number of anilines is 2. The number of esters is 1. The zero-order valence-corrected chi connectivity index (χ0v) is 11.6. The average Bonchev–Trinajstić information content (AvgIpc) is 2.53. The molecule has 8 heteroatoms. The van der Waals surface area contributed by atoms with Gasteiger partial charge in [-0.1, -0.05) is 12.1 Å². The number of hydrogen-bond acceptors (Lipinski definition) is 4. The van der Waals surface area contributed by atoms with Crippen LogP contribution in [0.5, 0.6) is 0 Å². The van der Waals surface area contributed by atoms with Crippen molar-refractivity contribution in [2.24, 2.45) is 0 Å². The van der Waals surface area contributed by atoms with E-state index in [1.807, 2.05) is 5.32 Å². The Morgan fingerprint density at radius 2 is 1.74 bits per heavy atom. The van der Waals surface area contributed by atoms with Crippen LogP contribution in [-0.4, -0.2) is 18.5 Å². The molecular weight excluding hydrogens is 313 g/mol. The highest BCUT2D eigenvalue weighted by atomic mass is 19.2. The molecule has 2 aromatic carbocycles. The van der Waals surface area contributed by atoms with Crippen molar-refractivity contribution in [1.82, 2.24) is 0 Å². The van der Waals surface area contributed by atoms with Gasteiger partial charge >= 0.3 is 5.97 Å². The fraction of sp³-hybridized carbons (Fsp3) is 0.0667. The van der Waals surface area contributed by atoms with Gasteiger partial charge in [0.2, 0.25) is 0 Å². The fourth-order valence-electron chi connectivity index (χ4n) is 1.70. The molecule has 0 saturated heterocycles. The molecule has 0 aliphatic rings. The largest absolute Gasteiger partial charge is 0.452 e. The molecule has 0 fully saturated rings. The first kappa shape index (κ1) is 16.3. The molecule has 0 saturated carbocycles. The molecule has 0 spiro atoms. The molecule has 3 N–H and O–H groups in total. The van der Waals surface area contributed by atoms with Crippen LogP contribution in [0.2, 0.25) is 0 Å². The van der Waals surface area contributed by atoms with Crippen molar-refractivity contribution in [2.75, 3.05) is 17.7 Å². The van der Waals surface area contributed by atoms with Gasteiger partial charge in [0.05, 0.1) is 11.3 Å². The summed E-state index contributed by atoms with van der Waals surface area (Å²) >= 11 is 0. The molecule has 5 nitrogen and oxygen atoms in total. The predicted octanol–water partition coefficient (Wildman–Crippen LogP) is 2.48. The van der Waals surface area contributed by atoms with Gasteiger partial charge in [0.25, 0.3) is 5.91 Å². The number of carbonyl (C=O) groups excluding carboxylic acids is 2. The van der Waals surface area contributed by atoms with Gasteiger partial charge in [0.15, 0.2) is 24.1 Å². The van der Waals surface area contributed by atoms with Crippen molar-refractivity contribution in [3.8, 4) is 0 Å². The van der Waals surface area contributed by atoms with Gasteiger partial charge in [-0.05, 0) is 24.3 Å². The maximum absolute atomic E-state index is 13.4. The third kappa shape index (κ3) is 3.79. The van der Waals surface area contributed by atoms with E-state index in [0.717, 1.165) is 6.07 Å². The second-order valence-electron chi connectivity index (χ2n) is 4.43. The highest BCUT2D eigenvalue weighted by Gasteiger charge is 2.17. The van der Waals surface area contributed by atoms with Gasteiger partial charge in [-0.2, -0.15) is 0 Å². The first-order valence-corrected chi connectivity index (χ1v) is 6.35. The smallest absolute Gasteiger partial charge is 0.340 e. The number of carbonyl (C=O) groups is 2. The van der Waals surface area contributed by atoms with E-state index in [2.05, 4.69) is 0 Å². The van der Waals surface area contributed by atoms with E-state index in [-0.39, 0.29) is 11.3 Å². The minimum Gasteiger partial charge on any atom is -0.452 e. The summed E-state index contributed by atoms with van der Waals surface area (Å²) in [5, 5.41) is 1.97. The number of nitrogens with two attached hydrogens (primary N) is 1. The highest BCUT2D eigenvalue weighted by Crippen LogP contribution is 2.19. The molecule has 0 unspecified atom stereocenters. The first-order valence-electron chi connectivity index (χ1n) is 6.35. The third-order valence-corrected chi connectivity index (χ3v) is 2.82. The number of benzene rings is 2. The molecule has 2 aromatic rings. The Morgan fingerprint density at radius 3 is 2.43 bits per heavy atom. The Labute approximate surface area is 128 Å². The Bertz CT molecular complexity index is 766. The summed E-state index contributed by atoms with van der Waals surface area (Å²) in [4.78, 5) is 23.3. The van der Waals surface area contributed by atoms with Crippen molar-refractivity contribution in [3.05, 3.63) is 59.4 Å². The summed E-state index contributed by atoms with van der Waals surface area (Å²) in [6, 6.07) is 7.57. The fourth-order valence-corrected chi connectivity index (χ4v) is 1.70. The van der Waals surface area contributed by atoms with Crippen LogP contribution in [0.1, 0.15) is 10.4 Å². The monoisotopic (exact) mass is 324 g/mol. The Hall–Kier alpha value is -3.03. The summed E-state index contributed by atoms with van der Waals surface area (Å²) in [7, 11) is 0. The van der Waals surface area contributed by atoms with E-state index in [1.54, 1.807) is 12.1 Å². The predicted molar refractivity (Wildman–Crippen MR) is 76.1 cm³/mol. The highest BCUT2D eigenvalue weighted by molar-refractivity contribution is 5.98. The molecule has 23 heavy (non-hydrogen) atoms. The second kappa shape index (κ2) is 6.82. The van der Waals surface area contributed by atoms with E-state index in [4.69, 9.17) is 10.5 Å². The lowest BCUT2D eigenvalue weighted by Crippen LogP contribution is -2.22. The minimum absolute atomic E-state index is 0.0688. The SMILES string of the molecule is Nc1ccccc1C(=O)OCC(=O)Nc1ccc(F)c(F)c1F. The molecule has 0 atom stereocenters. The normalized spacial score (nSPS) is 10.2. The van der Waals surface area contributed by atoms with Crippen LogP contribution in [0, 0.1) is 17.5 Å². The molecule has 0 aliphatic heterocycles. The Morgan fingerprint density at radius 1 is 1.04 bits per heavy atom. The molecule has 120 valence electrons. The topological polar surface area (TPSA) is 81.4 Å². The van der Waals surface area contributed by atoms with Crippen molar-refractivity contribution < 1.29 is 27.5 Å². The molecular formula is C15H11F3N2O3. The number of amides is 1. The lowest BCUT2D eigenvalue weighted by Gasteiger charge is -2.09. The van der Waals surface area contributed by atoms with Crippen LogP contribution in [0.15, 0.2) is 36.4 Å². The Kier molecular flexibility index (Phi) is 4.85. The summed E-state index contributed by atoms with van der Waals surface area (Å²) < 4.78 is 43.9. The van der Waals surface area contributed by atoms with Crippen molar-refractivity contribution >= 4 is 23.3 Å². The maximum atomic E-state index is 13.4. The average molecular weight is 324 g/mol. The molecule has 0 bridgehead atoms. The number of nitrogen functional groups attached to an aromatic ring is 1. The van der Waals surface area contributed by atoms with Gasteiger partial charge in [0.1, 0.15) is 0 Å². The standard InChI is InChI=1S/C15H11F3N2O3/c16-9-5-6-11(14(18)13(9)17)20-12(21)7-23-15(22)8-3-1-2-4-10(8)19/h1-6H,7,19H2,(H,20,21). The van der Waals surface area contributed by atoms with Crippen LogP contribution in [0.4, 0.5) is 24.5 Å². The number of para-hydroxylation sites is 1. The number of halogens is 3.